The number of rotatable bonds is 6. The molecule has 0 unspecified atom stereocenters. The Morgan fingerprint density at radius 2 is 2.00 bits per heavy atom. The predicted molar refractivity (Wildman–Crippen MR) is 119 cm³/mol. The molecule has 0 aliphatic carbocycles. The number of amides is 1. The first-order valence-electron chi connectivity index (χ1n) is 9.02. The SMILES string of the molecule is CCOC(=O)Cn1c(=NC(=O)/C=C/c2ccccc2Cl)sc2cc(S(N)(=O)=O)ccc21. The van der Waals surface area contributed by atoms with Crippen molar-refractivity contribution in [3.05, 3.63) is 63.9 Å². The molecule has 0 saturated carbocycles. The molecule has 162 valence electrons. The zero-order chi connectivity index (χ0) is 22.6. The van der Waals surface area contributed by atoms with Gasteiger partial charge in [-0.1, -0.05) is 41.1 Å². The molecule has 0 aliphatic rings. The number of hydrogen-bond acceptors (Lipinski definition) is 6. The Balaban J connectivity index is 2.06. The number of nitrogens with two attached hydrogens (primary N) is 1. The molecule has 8 nitrogen and oxygen atoms in total. The first-order valence-corrected chi connectivity index (χ1v) is 11.8. The van der Waals surface area contributed by atoms with Crippen molar-refractivity contribution < 1.29 is 22.7 Å². The summed E-state index contributed by atoms with van der Waals surface area (Å²) in [4.78, 5) is 28.7. The van der Waals surface area contributed by atoms with Crippen LogP contribution in [0.15, 0.2) is 58.4 Å². The number of carbonyl (C=O) groups is 2. The summed E-state index contributed by atoms with van der Waals surface area (Å²) in [7, 11) is -3.91. The largest absolute Gasteiger partial charge is 0.465 e. The second-order valence-electron chi connectivity index (χ2n) is 6.26. The van der Waals surface area contributed by atoms with Crippen molar-refractivity contribution in [1.82, 2.24) is 4.57 Å². The number of fused-ring (bicyclic) bond motifs is 1. The van der Waals surface area contributed by atoms with Crippen LogP contribution < -0.4 is 9.94 Å². The van der Waals surface area contributed by atoms with Crippen LogP contribution in [0.4, 0.5) is 0 Å². The number of hydrogen-bond donors (Lipinski definition) is 1. The van der Waals surface area contributed by atoms with Crippen LogP contribution in [0.3, 0.4) is 0 Å². The summed E-state index contributed by atoms with van der Waals surface area (Å²) < 4.78 is 30.3. The van der Waals surface area contributed by atoms with Gasteiger partial charge in [-0.15, -0.1) is 0 Å². The highest BCUT2D eigenvalue weighted by Crippen LogP contribution is 2.21. The van der Waals surface area contributed by atoms with Crippen LogP contribution in [0.5, 0.6) is 0 Å². The highest BCUT2D eigenvalue weighted by atomic mass is 35.5. The molecule has 0 radical (unpaired) electrons. The smallest absolute Gasteiger partial charge is 0.326 e. The summed E-state index contributed by atoms with van der Waals surface area (Å²) in [6.07, 6.45) is 2.80. The van der Waals surface area contributed by atoms with E-state index in [2.05, 4.69) is 4.99 Å². The monoisotopic (exact) mass is 479 g/mol. The van der Waals surface area contributed by atoms with Gasteiger partial charge < -0.3 is 9.30 Å². The standard InChI is InChI=1S/C20H18ClN3O5S2/c1-2-29-19(26)12-24-16-9-8-14(31(22,27)28)11-17(16)30-20(24)23-18(25)10-7-13-5-3-4-6-15(13)21/h3-11H,2,12H2,1H3,(H2,22,27,28)/b10-7+,23-20?. The van der Waals surface area contributed by atoms with Crippen LogP contribution in [-0.4, -0.2) is 31.5 Å². The number of esters is 1. The second kappa shape index (κ2) is 9.56. The number of thiazole rings is 1. The number of nitrogens with zero attached hydrogens (tertiary/aromatic N) is 2. The predicted octanol–water partition coefficient (Wildman–Crippen LogP) is 2.71. The molecule has 3 rings (SSSR count). The van der Waals surface area contributed by atoms with Crippen LogP contribution >= 0.6 is 22.9 Å². The summed E-state index contributed by atoms with van der Waals surface area (Å²) in [5, 5.41) is 5.69. The lowest BCUT2D eigenvalue weighted by Gasteiger charge is -2.05. The van der Waals surface area contributed by atoms with Crippen LogP contribution in [-0.2, 0) is 30.9 Å². The van der Waals surface area contributed by atoms with Crippen molar-refractivity contribution in [2.75, 3.05) is 6.61 Å². The maximum Gasteiger partial charge on any atom is 0.326 e. The van der Waals surface area contributed by atoms with E-state index in [4.69, 9.17) is 21.5 Å². The lowest BCUT2D eigenvalue weighted by Crippen LogP contribution is -2.22. The molecular weight excluding hydrogens is 462 g/mol. The summed E-state index contributed by atoms with van der Waals surface area (Å²) in [5.74, 6) is -1.09. The molecule has 0 bridgehead atoms. The quantitative estimate of drug-likeness (QED) is 0.430. The first kappa shape index (κ1) is 22.9. The van der Waals surface area contributed by atoms with E-state index in [1.54, 1.807) is 31.2 Å². The zero-order valence-corrected chi connectivity index (χ0v) is 18.7. The Labute approximate surface area is 187 Å². The van der Waals surface area contributed by atoms with Gasteiger partial charge in [-0.2, -0.15) is 4.99 Å². The highest BCUT2D eigenvalue weighted by molar-refractivity contribution is 7.89. The minimum absolute atomic E-state index is 0.0824. The van der Waals surface area contributed by atoms with Crippen molar-refractivity contribution in [1.29, 1.82) is 0 Å². The molecule has 31 heavy (non-hydrogen) atoms. The molecule has 0 fully saturated rings. The molecule has 0 aliphatic heterocycles. The topological polar surface area (TPSA) is 121 Å². The maximum atomic E-state index is 12.4. The Morgan fingerprint density at radius 1 is 1.26 bits per heavy atom. The van der Waals surface area contributed by atoms with E-state index in [0.29, 0.717) is 20.8 Å². The summed E-state index contributed by atoms with van der Waals surface area (Å²) in [6.45, 7) is 1.69. The Hall–Kier alpha value is -2.79. The van der Waals surface area contributed by atoms with E-state index in [1.165, 1.54) is 34.9 Å². The maximum absolute atomic E-state index is 12.4. The van der Waals surface area contributed by atoms with E-state index in [1.807, 2.05) is 0 Å². The minimum atomic E-state index is -3.91. The third-order valence-corrected chi connectivity index (χ3v) is 6.39. The van der Waals surface area contributed by atoms with Crippen LogP contribution in [0, 0.1) is 0 Å². The van der Waals surface area contributed by atoms with E-state index >= 15 is 0 Å². The first-order chi connectivity index (χ1) is 14.7. The van der Waals surface area contributed by atoms with Crippen molar-refractivity contribution in [2.45, 2.75) is 18.4 Å². The third kappa shape index (κ3) is 5.67. The molecule has 3 aromatic rings. The number of halogens is 1. The van der Waals surface area contributed by atoms with E-state index < -0.39 is 21.9 Å². The van der Waals surface area contributed by atoms with Crippen molar-refractivity contribution in [3.8, 4) is 0 Å². The average Bonchev–Trinajstić information content (AvgIpc) is 3.03. The fourth-order valence-corrected chi connectivity index (χ4v) is 4.59. The Bertz CT molecular complexity index is 1360. The number of sulfonamides is 1. The van der Waals surface area contributed by atoms with Crippen molar-refractivity contribution >= 4 is 61.1 Å². The van der Waals surface area contributed by atoms with Crippen LogP contribution in [0.1, 0.15) is 12.5 Å². The number of benzene rings is 2. The van der Waals surface area contributed by atoms with Gasteiger partial charge in [0.25, 0.3) is 5.91 Å². The molecule has 0 saturated heterocycles. The van der Waals surface area contributed by atoms with Gasteiger partial charge in [0.05, 0.1) is 21.7 Å². The van der Waals surface area contributed by atoms with Gasteiger partial charge in [0.15, 0.2) is 4.80 Å². The number of primary sulfonamides is 1. The molecule has 0 spiro atoms. The van der Waals surface area contributed by atoms with Gasteiger partial charge in [0.2, 0.25) is 10.0 Å². The van der Waals surface area contributed by atoms with E-state index in [0.717, 1.165) is 11.3 Å². The zero-order valence-electron chi connectivity index (χ0n) is 16.3. The molecule has 1 aromatic heterocycles. The molecular formula is C20H18ClN3O5S2. The van der Waals surface area contributed by atoms with Crippen molar-refractivity contribution in [3.63, 3.8) is 0 Å². The average molecular weight is 480 g/mol. The van der Waals surface area contributed by atoms with Crippen LogP contribution in [0.2, 0.25) is 5.02 Å². The lowest BCUT2D eigenvalue weighted by molar-refractivity contribution is -0.143. The summed E-state index contributed by atoms with van der Waals surface area (Å²) >= 11 is 7.13. The fourth-order valence-electron chi connectivity index (χ4n) is 2.71. The highest BCUT2D eigenvalue weighted by Gasteiger charge is 2.15. The Morgan fingerprint density at radius 3 is 2.68 bits per heavy atom. The molecule has 1 amide bonds. The normalized spacial score (nSPS) is 12.5. The minimum Gasteiger partial charge on any atom is -0.465 e. The van der Waals surface area contributed by atoms with Gasteiger partial charge in [-0.3, -0.25) is 9.59 Å². The van der Waals surface area contributed by atoms with E-state index in [9.17, 15) is 18.0 Å². The van der Waals surface area contributed by atoms with Crippen LogP contribution in [0.25, 0.3) is 16.3 Å². The fraction of sp³-hybridized carbons (Fsp3) is 0.150. The summed E-state index contributed by atoms with van der Waals surface area (Å²) in [5.41, 5.74) is 1.17. The lowest BCUT2D eigenvalue weighted by atomic mass is 10.2. The van der Waals surface area contributed by atoms with Crippen molar-refractivity contribution in [2.24, 2.45) is 10.1 Å². The van der Waals surface area contributed by atoms with Gasteiger partial charge in [-0.05, 0) is 42.8 Å². The van der Waals surface area contributed by atoms with Gasteiger partial charge in [0, 0.05) is 11.1 Å². The molecule has 0 atom stereocenters. The number of ether oxygens (including phenoxy) is 1. The number of carbonyl (C=O) groups excluding carboxylic acids is 2. The van der Waals surface area contributed by atoms with Gasteiger partial charge in [-0.25, -0.2) is 13.6 Å². The van der Waals surface area contributed by atoms with Gasteiger partial charge >= 0.3 is 5.97 Å². The molecule has 1 heterocycles. The molecule has 11 heteroatoms. The van der Waals surface area contributed by atoms with E-state index in [-0.39, 0.29) is 22.8 Å². The Kier molecular flexibility index (Phi) is 7.06. The second-order valence-corrected chi connectivity index (χ2v) is 9.23. The third-order valence-electron chi connectivity index (χ3n) is 4.09. The molecule has 2 aromatic carbocycles. The summed E-state index contributed by atoms with van der Waals surface area (Å²) in [6, 6.07) is 11.2. The molecule has 2 N–H and O–H groups in total. The number of aromatic nitrogens is 1. The van der Waals surface area contributed by atoms with Gasteiger partial charge in [0.1, 0.15) is 6.54 Å².